The molecule has 0 radical (unpaired) electrons. The van der Waals surface area contributed by atoms with Crippen molar-refractivity contribution in [2.45, 2.75) is 63.9 Å². The van der Waals surface area contributed by atoms with Crippen LogP contribution in [0.2, 0.25) is 10.0 Å². The number of hydrogen-bond donors (Lipinski definition) is 4. The van der Waals surface area contributed by atoms with E-state index in [0.29, 0.717) is 106 Å². The molecule has 3 fully saturated rings. The van der Waals surface area contributed by atoms with Crippen LogP contribution in [0.5, 0.6) is 11.5 Å². The van der Waals surface area contributed by atoms with Crippen LogP contribution in [-0.4, -0.2) is 140 Å². The van der Waals surface area contributed by atoms with Crippen molar-refractivity contribution >= 4 is 99.1 Å². The van der Waals surface area contributed by atoms with Gasteiger partial charge in [-0.15, -0.1) is 0 Å². The van der Waals surface area contributed by atoms with E-state index in [4.69, 9.17) is 62.9 Å². The van der Waals surface area contributed by atoms with Crippen molar-refractivity contribution in [1.82, 2.24) is 30.4 Å². The summed E-state index contributed by atoms with van der Waals surface area (Å²) >= 11 is 16.0. The molecule has 2 unspecified atom stereocenters. The molecular weight excluding hydrogens is 1250 g/mol. The van der Waals surface area contributed by atoms with Gasteiger partial charge in [0.05, 0.1) is 71.8 Å². The molecule has 18 nitrogen and oxygen atoms in total. The molecule has 6 N–H and O–H groups in total. The molecule has 2 atom stereocenters. The van der Waals surface area contributed by atoms with Gasteiger partial charge >= 0.3 is 7.12 Å². The van der Waals surface area contributed by atoms with Crippen LogP contribution >= 0.6 is 39.1 Å². The fraction of sp³-hybridized carbons (Fsp3) is 0.323. The average molecular weight is 1320 g/mol. The normalized spacial score (nSPS) is 18.1. The number of amides is 4. The molecule has 0 spiro atoms. The topological polar surface area (TPSA) is 232 Å². The first-order valence-electron chi connectivity index (χ1n) is 28.0. The summed E-state index contributed by atoms with van der Waals surface area (Å²) in [4.78, 5) is 60.2. The Morgan fingerprint density at radius 1 is 0.636 bits per heavy atom. The van der Waals surface area contributed by atoms with Gasteiger partial charge in [-0.1, -0.05) is 39.1 Å². The maximum absolute atomic E-state index is 15.1. The number of nitrogens with one attached hydrogen (secondary N) is 2. The molecule has 0 bridgehead atoms. The Labute approximate surface area is 524 Å². The molecule has 5 aliphatic heterocycles. The van der Waals surface area contributed by atoms with Gasteiger partial charge in [-0.2, -0.15) is 0 Å². The third-order valence-electron chi connectivity index (χ3n) is 15.1. The molecule has 462 valence electrons. The minimum Gasteiger partial charge on any atom is -0.486 e. The van der Waals surface area contributed by atoms with E-state index in [1.165, 1.54) is 28.0 Å². The second-order valence-electron chi connectivity index (χ2n) is 22.0. The number of anilines is 2. The van der Waals surface area contributed by atoms with E-state index in [0.717, 1.165) is 45.4 Å². The zero-order valence-corrected chi connectivity index (χ0v) is 51.4. The van der Waals surface area contributed by atoms with Crippen molar-refractivity contribution in [3.63, 3.8) is 0 Å². The number of carbonyl (C=O) groups is 4. The number of nitrogens with zero attached hydrogens (tertiary/aromatic N) is 4. The third-order valence-corrected chi connectivity index (χ3v) is 16.2. The number of benzene rings is 4. The van der Waals surface area contributed by atoms with Gasteiger partial charge in [0, 0.05) is 90.3 Å². The van der Waals surface area contributed by atoms with Crippen LogP contribution in [0.4, 0.5) is 29.2 Å². The molecule has 4 amide bonds. The minimum atomic E-state index is -1.16. The summed E-state index contributed by atoms with van der Waals surface area (Å²) in [5.74, 6) is -2.89. The van der Waals surface area contributed by atoms with Gasteiger partial charge in [0.15, 0.2) is 0 Å². The van der Waals surface area contributed by atoms with Crippen molar-refractivity contribution in [2.24, 2.45) is 0 Å². The number of aromatic nitrogens is 2. The molecule has 0 aliphatic carbocycles. The van der Waals surface area contributed by atoms with E-state index in [-0.39, 0.29) is 57.2 Å². The third kappa shape index (κ3) is 16.0. The molecular formula is C62H62BBrCl2F4N8O10. The lowest BCUT2D eigenvalue weighted by Gasteiger charge is -2.32. The minimum absolute atomic E-state index is 0.0304. The number of pyridine rings is 2. The molecule has 3 saturated heterocycles. The van der Waals surface area contributed by atoms with Crippen LogP contribution in [0, 0.1) is 23.3 Å². The monoisotopic (exact) mass is 1310 g/mol. The second kappa shape index (κ2) is 28.3. The molecule has 5 aliphatic rings. The molecule has 6 aromatic rings. The number of carbonyl (C=O) groups excluding carboxylic acids is 4. The zero-order valence-electron chi connectivity index (χ0n) is 48.3. The first-order chi connectivity index (χ1) is 41.9. The lowest BCUT2D eigenvalue weighted by atomic mass is 9.77. The Hall–Kier alpha value is -7.58. The molecule has 4 aromatic carbocycles. The SMILES string of the molecule is CC1(C)OB(c2c(F)cc(C(=O)N3CCOCC3)cc2F)OC1(C)C.Nc1ccc(/C=C/C(=O)NCC2Cc3cc(-c4c(F)cc(C(=O)N5CCOCC5)cc4F)cc(Cl)c3O2)cn1.Nc1ccc(/C=C/C(=O)NCC2Cc3cc(Br)cc(Cl)c3O2)cn1. The van der Waals surface area contributed by atoms with Gasteiger partial charge in [0.25, 0.3) is 11.8 Å². The molecule has 88 heavy (non-hydrogen) atoms. The summed E-state index contributed by atoms with van der Waals surface area (Å²) in [5, 5.41) is 6.36. The van der Waals surface area contributed by atoms with Crippen LogP contribution in [0.3, 0.4) is 0 Å². The summed E-state index contributed by atoms with van der Waals surface area (Å²) in [6.07, 6.45) is 9.84. The highest BCUT2D eigenvalue weighted by atomic mass is 79.9. The average Bonchev–Trinajstić information content (AvgIpc) is 3.36. The van der Waals surface area contributed by atoms with Gasteiger partial charge in [-0.05, 0) is 129 Å². The zero-order chi connectivity index (χ0) is 63.0. The van der Waals surface area contributed by atoms with Gasteiger partial charge in [0.2, 0.25) is 11.8 Å². The predicted molar refractivity (Wildman–Crippen MR) is 329 cm³/mol. The quantitative estimate of drug-likeness (QED) is 0.0510. The highest BCUT2D eigenvalue weighted by molar-refractivity contribution is 9.10. The number of nitrogen functional groups attached to an aromatic ring is 2. The number of ether oxygens (including phenoxy) is 4. The van der Waals surface area contributed by atoms with Gasteiger partial charge in [-0.3, -0.25) is 19.2 Å². The van der Waals surface area contributed by atoms with Gasteiger partial charge in [0.1, 0.15) is 58.6 Å². The van der Waals surface area contributed by atoms with Crippen molar-refractivity contribution < 1.29 is 65.0 Å². The van der Waals surface area contributed by atoms with E-state index < -0.39 is 59.5 Å². The second-order valence-corrected chi connectivity index (χ2v) is 23.7. The van der Waals surface area contributed by atoms with Crippen molar-refractivity contribution in [2.75, 3.05) is 77.2 Å². The van der Waals surface area contributed by atoms with E-state index >= 15 is 8.78 Å². The number of morpholine rings is 2. The highest BCUT2D eigenvalue weighted by Crippen LogP contribution is 2.42. The molecule has 7 heterocycles. The lowest BCUT2D eigenvalue weighted by Crippen LogP contribution is -2.42. The van der Waals surface area contributed by atoms with Crippen molar-refractivity contribution in [3.05, 3.63) is 169 Å². The summed E-state index contributed by atoms with van der Waals surface area (Å²) < 4.78 is 93.9. The van der Waals surface area contributed by atoms with Crippen molar-refractivity contribution in [1.29, 1.82) is 0 Å². The van der Waals surface area contributed by atoms with E-state index in [9.17, 15) is 28.0 Å². The summed E-state index contributed by atoms with van der Waals surface area (Å²) in [5.41, 5.74) is 12.4. The van der Waals surface area contributed by atoms with Crippen LogP contribution in [0.15, 0.2) is 102 Å². The van der Waals surface area contributed by atoms with Crippen LogP contribution in [-0.2, 0) is 41.2 Å². The van der Waals surface area contributed by atoms with Crippen LogP contribution in [0.1, 0.15) is 70.7 Å². The largest absolute Gasteiger partial charge is 0.500 e. The Morgan fingerprint density at radius 2 is 1.06 bits per heavy atom. The lowest BCUT2D eigenvalue weighted by molar-refractivity contribution is -0.117. The van der Waals surface area contributed by atoms with Gasteiger partial charge in [-0.25, -0.2) is 27.5 Å². The molecule has 26 heteroatoms. The Morgan fingerprint density at radius 3 is 1.49 bits per heavy atom. The Kier molecular flexibility index (Phi) is 20.9. The van der Waals surface area contributed by atoms with Crippen molar-refractivity contribution in [3.8, 4) is 22.6 Å². The number of nitrogens with two attached hydrogens (primary N) is 2. The smallest absolute Gasteiger partial charge is 0.486 e. The number of halogens is 7. The number of rotatable bonds is 12. The fourth-order valence-electron chi connectivity index (χ4n) is 9.80. The predicted octanol–water partition coefficient (Wildman–Crippen LogP) is 8.82. The Bertz CT molecular complexity index is 3590. The maximum Gasteiger partial charge on any atom is 0.500 e. The van der Waals surface area contributed by atoms with E-state index in [2.05, 4.69) is 36.5 Å². The van der Waals surface area contributed by atoms with E-state index in [1.807, 2.05) is 6.07 Å². The first-order valence-corrected chi connectivity index (χ1v) is 29.5. The van der Waals surface area contributed by atoms with Crippen LogP contribution < -0.4 is 37.0 Å². The van der Waals surface area contributed by atoms with E-state index in [1.54, 1.807) is 88.6 Å². The van der Waals surface area contributed by atoms with Gasteiger partial charge < -0.3 is 60.2 Å². The summed E-state index contributed by atoms with van der Waals surface area (Å²) in [7, 11) is -1.16. The van der Waals surface area contributed by atoms with Crippen LogP contribution in [0.25, 0.3) is 23.3 Å². The number of fused-ring (bicyclic) bond motifs is 2. The highest BCUT2D eigenvalue weighted by Gasteiger charge is 2.53. The molecule has 2 aromatic heterocycles. The first kappa shape index (κ1) is 64.9. The molecule has 0 saturated carbocycles. The fourth-order valence-corrected chi connectivity index (χ4v) is 11.0. The standard InChI is InChI=1S/C28H25ClF2N4O4.C17H22BF2NO4.C17H15BrClN3O2/c29-21-11-17(26-22(30)12-19(13-23(26)31)28(37)35-5-7-38-8-6-35)9-18-10-20(39-27(18)21)15-34-25(36)4-2-16-1-3-24(32)33-14-16;1-16(2)17(3,4)25-18(24-16)14-12(19)9-11(10-13(14)20)15(22)21-5-7-23-8-6-21;18-12-5-11-6-13(24-17(11)14(19)7-12)9-22-16(23)4-2-10-1-3-15(20)21-8-10/h1-4,9,11-14,20H,5-8,10,15H2,(H2,32,33)(H,34,36);9-10H,5-8H2,1-4H3;1-5,7-8,13H,6,9H2,(H2,20,21)(H,22,23)/b4-2+;;4-2+. The summed E-state index contributed by atoms with van der Waals surface area (Å²) in [6, 6.07) is 17.8. The Balaban J connectivity index is 0.000000164. The maximum atomic E-state index is 15.1. The molecule has 11 rings (SSSR count). The summed E-state index contributed by atoms with van der Waals surface area (Å²) in [6.45, 7) is 11.0. The number of hydrogen-bond acceptors (Lipinski definition) is 14.